The monoisotopic (exact) mass is 333 g/mol. The van der Waals surface area contributed by atoms with Crippen molar-refractivity contribution in [3.05, 3.63) is 29.8 Å². The lowest BCUT2D eigenvalue weighted by atomic mass is 10.2. The maximum atomic E-state index is 12.7. The van der Waals surface area contributed by atoms with Crippen LogP contribution in [0.2, 0.25) is 0 Å². The molecule has 0 radical (unpaired) electrons. The largest absolute Gasteiger partial charge is 0.416 e. The van der Waals surface area contributed by atoms with Gasteiger partial charge in [-0.25, -0.2) is 13.1 Å². The molecule has 2 atom stereocenters. The zero-order chi connectivity index (χ0) is 16.5. The smallest absolute Gasteiger partial charge is 0.306 e. The minimum absolute atomic E-state index is 0.112. The summed E-state index contributed by atoms with van der Waals surface area (Å²) in [5.41, 5.74) is -1.02. The van der Waals surface area contributed by atoms with E-state index in [2.05, 4.69) is 4.72 Å². The Morgan fingerprint density at radius 3 is 2.64 bits per heavy atom. The Kier molecular flexibility index (Phi) is 4.35. The standard InChI is InChI=1S/C13H14F3N3O2S/c1-9-5-11(7-19(9)8-17)18-22(20,21)12-4-2-3-10(6-12)13(14,15)16/h2-4,6,9,11,18H,5,7H2,1H3. The van der Waals surface area contributed by atoms with Crippen molar-refractivity contribution in [2.75, 3.05) is 6.54 Å². The highest BCUT2D eigenvalue weighted by Crippen LogP contribution is 2.30. The molecule has 1 heterocycles. The summed E-state index contributed by atoms with van der Waals surface area (Å²) >= 11 is 0. The van der Waals surface area contributed by atoms with Crippen LogP contribution in [-0.2, 0) is 16.2 Å². The van der Waals surface area contributed by atoms with Crippen molar-refractivity contribution in [2.24, 2.45) is 0 Å². The molecule has 1 saturated heterocycles. The molecule has 9 heteroatoms. The lowest BCUT2D eigenvalue weighted by Crippen LogP contribution is -2.36. The Labute approximate surface area is 126 Å². The lowest BCUT2D eigenvalue weighted by molar-refractivity contribution is -0.137. The quantitative estimate of drug-likeness (QED) is 0.858. The molecule has 2 rings (SSSR count). The molecular weight excluding hydrogens is 319 g/mol. The number of sulfonamides is 1. The first-order valence-electron chi connectivity index (χ1n) is 6.49. The van der Waals surface area contributed by atoms with Gasteiger partial charge in [-0.3, -0.25) is 0 Å². The predicted molar refractivity (Wildman–Crippen MR) is 72.0 cm³/mol. The van der Waals surface area contributed by atoms with E-state index < -0.39 is 32.7 Å². The van der Waals surface area contributed by atoms with Gasteiger partial charge in [0.2, 0.25) is 10.0 Å². The fraction of sp³-hybridized carbons (Fsp3) is 0.462. The molecular formula is C13H14F3N3O2S. The van der Waals surface area contributed by atoms with E-state index >= 15 is 0 Å². The summed E-state index contributed by atoms with van der Waals surface area (Å²) in [5, 5.41) is 8.87. The van der Waals surface area contributed by atoms with Crippen molar-refractivity contribution in [1.29, 1.82) is 5.26 Å². The molecule has 0 saturated carbocycles. The topological polar surface area (TPSA) is 73.2 Å². The summed E-state index contributed by atoms with van der Waals surface area (Å²) in [7, 11) is -4.07. The molecule has 5 nitrogen and oxygen atoms in total. The summed E-state index contributed by atoms with van der Waals surface area (Å²) in [6, 6.07) is 2.96. The summed E-state index contributed by atoms with van der Waals surface area (Å²) in [5.74, 6) is 0. The second kappa shape index (κ2) is 5.78. The molecule has 2 unspecified atom stereocenters. The van der Waals surface area contributed by atoms with Crippen molar-refractivity contribution in [2.45, 2.75) is 36.5 Å². The number of alkyl halides is 3. The number of benzene rings is 1. The van der Waals surface area contributed by atoms with Crippen molar-refractivity contribution in [3.63, 3.8) is 0 Å². The van der Waals surface area contributed by atoms with E-state index in [1.807, 2.05) is 6.19 Å². The minimum Gasteiger partial charge on any atom is -0.306 e. The molecule has 0 aliphatic carbocycles. The van der Waals surface area contributed by atoms with Crippen LogP contribution in [0.1, 0.15) is 18.9 Å². The molecule has 0 bridgehead atoms. The third-order valence-corrected chi connectivity index (χ3v) is 5.01. The number of hydrogen-bond acceptors (Lipinski definition) is 4. The fourth-order valence-electron chi connectivity index (χ4n) is 2.38. The normalized spacial score (nSPS) is 22.6. The van der Waals surface area contributed by atoms with E-state index in [-0.39, 0.29) is 12.6 Å². The van der Waals surface area contributed by atoms with E-state index in [1.165, 1.54) is 4.90 Å². The summed E-state index contributed by atoms with van der Waals surface area (Å²) < 4.78 is 64.7. The molecule has 120 valence electrons. The molecule has 1 aromatic rings. The Balaban J connectivity index is 2.20. The van der Waals surface area contributed by atoms with Crippen LogP contribution in [0.3, 0.4) is 0 Å². The number of nitriles is 1. The van der Waals surface area contributed by atoms with Crippen LogP contribution < -0.4 is 4.72 Å². The highest BCUT2D eigenvalue weighted by atomic mass is 32.2. The summed E-state index contributed by atoms with van der Waals surface area (Å²) in [6.45, 7) is 1.98. The predicted octanol–water partition coefficient (Wildman–Crippen LogP) is 1.93. The molecule has 22 heavy (non-hydrogen) atoms. The molecule has 0 amide bonds. The van der Waals surface area contributed by atoms with Crippen LogP contribution in [0.4, 0.5) is 13.2 Å². The van der Waals surface area contributed by atoms with E-state index in [1.54, 1.807) is 6.92 Å². The third-order valence-electron chi connectivity index (χ3n) is 3.50. The Hall–Kier alpha value is -1.79. The molecule has 1 fully saturated rings. The van der Waals surface area contributed by atoms with Gasteiger partial charge in [-0.1, -0.05) is 6.07 Å². The van der Waals surface area contributed by atoms with Crippen molar-refractivity contribution < 1.29 is 21.6 Å². The van der Waals surface area contributed by atoms with Gasteiger partial charge >= 0.3 is 6.18 Å². The van der Waals surface area contributed by atoms with Gasteiger partial charge in [0.25, 0.3) is 0 Å². The van der Waals surface area contributed by atoms with Gasteiger partial charge in [0, 0.05) is 18.6 Å². The average Bonchev–Trinajstić information content (AvgIpc) is 2.77. The average molecular weight is 333 g/mol. The van der Waals surface area contributed by atoms with Crippen molar-refractivity contribution in [3.8, 4) is 6.19 Å². The zero-order valence-electron chi connectivity index (χ0n) is 11.6. The second-order valence-electron chi connectivity index (χ2n) is 5.18. The lowest BCUT2D eigenvalue weighted by Gasteiger charge is -2.14. The molecule has 1 aliphatic rings. The Bertz CT molecular complexity index is 697. The number of nitrogens with one attached hydrogen (secondary N) is 1. The van der Waals surface area contributed by atoms with Gasteiger partial charge in [0.05, 0.1) is 10.5 Å². The van der Waals surface area contributed by atoms with Crippen LogP contribution in [0.5, 0.6) is 0 Å². The molecule has 0 spiro atoms. The van der Waals surface area contributed by atoms with E-state index in [0.717, 1.165) is 18.2 Å². The number of rotatable bonds is 3. The van der Waals surface area contributed by atoms with Gasteiger partial charge in [-0.15, -0.1) is 0 Å². The molecule has 1 aromatic carbocycles. The van der Waals surface area contributed by atoms with E-state index in [9.17, 15) is 21.6 Å². The minimum atomic E-state index is -4.61. The maximum Gasteiger partial charge on any atom is 0.416 e. The van der Waals surface area contributed by atoms with Gasteiger partial charge in [0.15, 0.2) is 6.19 Å². The highest BCUT2D eigenvalue weighted by molar-refractivity contribution is 7.89. The van der Waals surface area contributed by atoms with Crippen LogP contribution >= 0.6 is 0 Å². The maximum absolute atomic E-state index is 12.7. The molecule has 1 N–H and O–H groups in total. The van der Waals surface area contributed by atoms with Gasteiger partial charge in [0.1, 0.15) is 0 Å². The highest BCUT2D eigenvalue weighted by Gasteiger charge is 2.34. The Morgan fingerprint density at radius 1 is 1.41 bits per heavy atom. The van der Waals surface area contributed by atoms with Crippen LogP contribution in [-0.4, -0.2) is 31.9 Å². The third kappa shape index (κ3) is 3.51. The molecule has 0 aromatic heterocycles. The zero-order valence-corrected chi connectivity index (χ0v) is 12.4. The first kappa shape index (κ1) is 16.6. The van der Waals surface area contributed by atoms with Crippen LogP contribution in [0.25, 0.3) is 0 Å². The van der Waals surface area contributed by atoms with E-state index in [0.29, 0.717) is 12.5 Å². The van der Waals surface area contributed by atoms with Crippen molar-refractivity contribution in [1.82, 2.24) is 9.62 Å². The van der Waals surface area contributed by atoms with E-state index in [4.69, 9.17) is 5.26 Å². The first-order valence-corrected chi connectivity index (χ1v) is 7.98. The van der Waals surface area contributed by atoms with Gasteiger partial charge in [-0.05, 0) is 31.5 Å². The second-order valence-corrected chi connectivity index (χ2v) is 6.89. The Morgan fingerprint density at radius 2 is 2.09 bits per heavy atom. The number of likely N-dealkylation sites (tertiary alicyclic amines) is 1. The SMILES string of the molecule is CC1CC(NS(=O)(=O)c2cccc(C(F)(F)F)c2)CN1C#N. The first-order chi connectivity index (χ1) is 10.1. The number of nitrogens with zero attached hydrogens (tertiary/aromatic N) is 2. The van der Waals surface area contributed by atoms with Gasteiger partial charge < -0.3 is 4.90 Å². The van der Waals surface area contributed by atoms with Crippen LogP contribution in [0.15, 0.2) is 29.2 Å². The van der Waals surface area contributed by atoms with Crippen LogP contribution in [0, 0.1) is 11.5 Å². The summed E-state index contributed by atoms with van der Waals surface area (Å²) in [6.07, 6.45) is -2.24. The molecule has 1 aliphatic heterocycles. The summed E-state index contributed by atoms with van der Waals surface area (Å²) in [4.78, 5) is 0.990. The van der Waals surface area contributed by atoms with Crippen molar-refractivity contribution >= 4 is 10.0 Å². The van der Waals surface area contributed by atoms with Gasteiger partial charge in [-0.2, -0.15) is 18.4 Å². The number of halogens is 3. The fourth-order valence-corrected chi connectivity index (χ4v) is 3.67. The number of hydrogen-bond donors (Lipinski definition) is 1.